The molecule has 0 saturated carbocycles. The van der Waals surface area contributed by atoms with Crippen LogP contribution in [0.2, 0.25) is 0 Å². The summed E-state index contributed by atoms with van der Waals surface area (Å²) in [5.41, 5.74) is -0.558. The Hall–Kier alpha value is -2.16. The molecule has 4 aliphatic rings. The number of carbonyl (C=O) groups excluding carboxylic acids is 2. The SMILES string of the molecule is CC1(C)OC2CC(=O)[C@]3(O)CCN(Cc4cc5c(cc43)OCO5)C(=O)[C@H]2O1. The molecule has 2 saturated heterocycles. The highest BCUT2D eigenvalue weighted by Gasteiger charge is 2.53. The molecule has 1 unspecified atom stereocenters. The van der Waals surface area contributed by atoms with Crippen molar-refractivity contribution in [2.24, 2.45) is 0 Å². The van der Waals surface area contributed by atoms with Gasteiger partial charge in [-0.3, -0.25) is 9.59 Å². The summed E-state index contributed by atoms with van der Waals surface area (Å²) in [4.78, 5) is 28.0. The quantitative estimate of drug-likeness (QED) is 0.718. The number of fused-ring (bicyclic) bond motifs is 7. The molecule has 0 aromatic heterocycles. The Kier molecular flexibility index (Phi) is 3.42. The lowest BCUT2D eigenvalue weighted by Crippen LogP contribution is -2.44. The van der Waals surface area contributed by atoms with Gasteiger partial charge in [0.25, 0.3) is 5.91 Å². The molecule has 0 aliphatic carbocycles. The van der Waals surface area contributed by atoms with Crippen molar-refractivity contribution in [2.45, 2.75) is 56.8 Å². The molecule has 8 heteroatoms. The van der Waals surface area contributed by atoms with Gasteiger partial charge in [-0.05, 0) is 37.1 Å². The normalized spacial score (nSPS) is 33.8. The van der Waals surface area contributed by atoms with Gasteiger partial charge in [0.2, 0.25) is 6.79 Å². The Morgan fingerprint density at radius 2 is 1.89 bits per heavy atom. The fourth-order valence-electron chi connectivity index (χ4n) is 4.42. The highest BCUT2D eigenvalue weighted by Crippen LogP contribution is 2.44. The molecule has 1 N–H and O–H groups in total. The van der Waals surface area contributed by atoms with Crippen molar-refractivity contribution in [1.29, 1.82) is 0 Å². The largest absolute Gasteiger partial charge is 0.454 e. The fraction of sp³-hybridized carbons (Fsp3) is 0.579. The molecule has 1 amide bonds. The van der Waals surface area contributed by atoms with Gasteiger partial charge in [-0.15, -0.1) is 0 Å². The Balaban J connectivity index is 1.65. The third kappa shape index (κ3) is 2.47. The minimum Gasteiger partial charge on any atom is -0.454 e. The van der Waals surface area contributed by atoms with Crippen LogP contribution >= 0.6 is 0 Å². The Labute approximate surface area is 155 Å². The summed E-state index contributed by atoms with van der Waals surface area (Å²) in [6.45, 7) is 4.03. The van der Waals surface area contributed by atoms with E-state index in [0.717, 1.165) is 0 Å². The van der Waals surface area contributed by atoms with Crippen molar-refractivity contribution in [2.75, 3.05) is 13.3 Å². The van der Waals surface area contributed by atoms with Gasteiger partial charge in [-0.25, -0.2) is 0 Å². The Bertz CT molecular complexity index is 851. The van der Waals surface area contributed by atoms with E-state index in [1.54, 1.807) is 30.9 Å². The average molecular weight is 375 g/mol. The van der Waals surface area contributed by atoms with Crippen LogP contribution in [0.15, 0.2) is 12.1 Å². The number of hydrogen-bond acceptors (Lipinski definition) is 7. The highest BCUT2D eigenvalue weighted by molar-refractivity contribution is 5.92. The van der Waals surface area contributed by atoms with Crippen LogP contribution in [0.25, 0.3) is 0 Å². The molecule has 144 valence electrons. The first kappa shape index (κ1) is 17.0. The number of amides is 1. The van der Waals surface area contributed by atoms with Crippen molar-refractivity contribution in [3.63, 3.8) is 0 Å². The van der Waals surface area contributed by atoms with Crippen molar-refractivity contribution < 1.29 is 33.6 Å². The van der Waals surface area contributed by atoms with Gasteiger partial charge in [0.1, 0.15) is 11.7 Å². The second-order valence-electron chi connectivity index (χ2n) is 7.95. The minimum absolute atomic E-state index is 0.0914. The van der Waals surface area contributed by atoms with Gasteiger partial charge in [0.05, 0.1) is 0 Å². The zero-order valence-electron chi connectivity index (χ0n) is 15.2. The van der Waals surface area contributed by atoms with Crippen LogP contribution in [0.5, 0.6) is 11.5 Å². The van der Waals surface area contributed by atoms with E-state index in [1.165, 1.54) is 0 Å². The lowest BCUT2D eigenvalue weighted by atomic mass is 9.81. The molecule has 0 radical (unpaired) electrons. The van der Waals surface area contributed by atoms with E-state index in [-0.39, 0.29) is 44.4 Å². The van der Waals surface area contributed by atoms with E-state index in [1.807, 2.05) is 0 Å². The second-order valence-corrected chi connectivity index (χ2v) is 7.95. The number of ether oxygens (including phenoxy) is 4. The molecule has 4 heterocycles. The Morgan fingerprint density at radius 1 is 1.15 bits per heavy atom. The third-order valence-corrected chi connectivity index (χ3v) is 5.74. The number of hydrogen-bond donors (Lipinski definition) is 1. The molecule has 0 spiro atoms. The van der Waals surface area contributed by atoms with E-state index in [4.69, 9.17) is 18.9 Å². The van der Waals surface area contributed by atoms with Gasteiger partial charge in [-0.1, -0.05) is 0 Å². The first-order chi connectivity index (χ1) is 12.8. The van der Waals surface area contributed by atoms with Crippen molar-refractivity contribution >= 4 is 11.7 Å². The molecule has 2 bridgehead atoms. The number of aliphatic hydroxyl groups is 1. The molecule has 5 rings (SSSR count). The second kappa shape index (κ2) is 5.43. The zero-order valence-corrected chi connectivity index (χ0v) is 15.2. The van der Waals surface area contributed by atoms with Crippen molar-refractivity contribution in [3.8, 4) is 11.5 Å². The first-order valence-corrected chi connectivity index (χ1v) is 9.10. The molecule has 27 heavy (non-hydrogen) atoms. The molecular formula is C19H21NO7. The summed E-state index contributed by atoms with van der Waals surface area (Å²) in [5.74, 6) is -0.521. The maximum atomic E-state index is 13.2. The molecule has 4 aliphatic heterocycles. The van der Waals surface area contributed by atoms with Crippen LogP contribution in [0.3, 0.4) is 0 Å². The van der Waals surface area contributed by atoms with Gasteiger partial charge in [0, 0.05) is 25.9 Å². The average Bonchev–Trinajstić information content (AvgIpc) is 3.15. The molecular weight excluding hydrogens is 354 g/mol. The number of carbonyl (C=O) groups is 2. The third-order valence-electron chi connectivity index (χ3n) is 5.74. The van der Waals surface area contributed by atoms with E-state index >= 15 is 0 Å². The maximum absolute atomic E-state index is 13.2. The van der Waals surface area contributed by atoms with Crippen molar-refractivity contribution in [3.05, 3.63) is 23.3 Å². The van der Waals surface area contributed by atoms with E-state index in [2.05, 4.69) is 0 Å². The van der Waals surface area contributed by atoms with Crippen LogP contribution in [0.1, 0.15) is 37.8 Å². The van der Waals surface area contributed by atoms with Crippen LogP contribution in [0.4, 0.5) is 0 Å². The summed E-state index contributed by atoms with van der Waals surface area (Å²) in [6, 6.07) is 3.41. The summed E-state index contributed by atoms with van der Waals surface area (Å²) in [7, 11) is 0. The minimum atomic E-state index is -1.71. The maximum Gasteiger partial charge on any atom is 0.254 e. The zero-order chi connectivity index (χ0) is 19.0. The number of benzene rings is 1. The van der Waals surface area contributed by atoms with Crippen LogP contribution < -0.4 is 9.47 Å². The van der Waals surface area contributed by atoms with Gasteiger partial charge in [-0.2, -0.15) is 0 Å². The molecule has 1 aromatic carbocycles. The smallest absolute Gasteiger partial charge is 0.254 e. The molecule has 3 atom stereocenters. The Morgan fingerprint density at radius 3 is 2.67 bits per heavy atom. The predicted octanol–water partition coefficient (Wildman–Crippen LogP) is 0.828. The number of ketones is 1. The lowest BCUT2D eigenvalue weighted by molar-refractivity contribution is -0.164. The van der Waals surface area contributed by atoms with Crippen molar-refractivity contribution in [1.82, 2.24) is 4.90 Å². The predicted molar refractivity (Wildman–Crippen MR) is 89.9 cm³/mol. The van der Waals surface area contributed by atoms with Gasteiger partial charge < -0.3 is 29.0 Å². The number of nitrogens with zero attached hydrogens (tertiary/aromatic N) is 1. The summed E-state index contributed by atoms with van der Waals surface area (Å²) in [6.07, 6.45) is -1.56. The van der Waals surface area contributed by atoms with E-state index in [9.17, 15) is 14.7 Å². The molecule has 8 nitrogen and oxygen atoms in total. The topological polar surface area (TPSA) is 94.5 Å². The van der Waals surface area contributed by atoms with E-state index < -0.39 is 23.6 Å². The number of rotatable bonds is 0. The standard InChI is InChI=1S/C19H21NO7/c1-18(2)26-14-7-15(21)19(23)3-4-20(17(22)16(14)27-18)8-10-5-12-13(6-11(10)19)25-9-24-12/h5-6,14,16,23H,3-4,7-9H2,1-2H3/t14?,16-,19-/m0/s1. The van der Waals surface area contributed by atoms with E-state index in [0.29, 0.717) is 22.6 Å². The summed E-state index contributed by atoms with van der Waals surface area (Å²) in [5, 5.41) is 11.4. The van der Waals surface area contributed by atoms with Gasteiger partial charge >= 0.3 is 0 Å². The molecule has 2 fully saturated rings. The van der Waals surface area contributed by atoms with Crippen LogP contribution in [-0.4, -0.2) is 53.0 Å². The molecule has 1 aromatic rings. The number of Topliss-reactive ketones (excluding diaryl/α,β-unsaturated/α-hetero) is 1. The summed E-state index contributed by atoms with van der Waals surface area (Å²) >= 11 is 0. The van der Waals surface area contributed by atoms with Crippen LogP contribution in [0, 0.1) is 0 Å². The monoisotopic (exact) mass is 375 g/mol. The highest BCUT2D eigenvalue weighted by atomic mass is 16.8. The fourth-order valence-corrected chi connectivity index (χ4v) is 4.42. The summed E-state index contributed by atoms with van der Waals surface area (Å²) < 4.78 is 22.5. The van der Waals surface area contributed by atoms with Gasteiger partial charge in [0.15, 0.2) is 29.2 Å². The lowest BCUT2D eigenvalue weighted by Gasteiger charge is -2.28. The first-order valence-electron chi connectivity index (χ1n) is 9.10. The van der Waals surface area contributed by atoms with Crippen LogP contribution in [-0.2, 0) is 31.2 Å².